The highest BCUT2D eigenvalue weighted by Gasteiger charge is 2.14. The Labute approximate surface area is 161 Å². The predicted molar refractivity (Wildman–Crippen MR) is 105 cm³/mol. The molecule has 0 aliphatic heterocycles. The van der Waals surface area contributed by atoms with E-state index in [1.165, 1.54) is 6.08 Å². The molecule has 0 spiro atoms. The molecule has 0 saturated carbocycles. The molecular formula is C20H19ClN4O2. The molecule has 6 nitrogen and oxygen atoms in total. The first-order valence-electron chi connectivity index (χ1n) is 8.46. The fourth-order valence-electron chi connectivity index (χ4n) is 2.71. The Kier molecular flexibility index (Phi) is 5.88. The van der Waals surface area contributed by atoms with Crippen molar-refractivity contribution in [3.63, 3.8) is 0 Å². The summed E-state index contributed by atoms with van der Waals surface area (Å²) in [6.45, 7) is 0.631. The van der Waals surface area contributed by atoms with Gasteiger partial charge in [0.25, 0.3) is 0 Å². The average Bonchev–Trinajstić information content (AvgIpc) is 2.99. The quantitative estimate of drug-likeness (QED) is 0.638. The third-order valence-electron chi connectivity index (χ3n) is 4.06. The summed E-state index contributed by atoms with van der Waals surface area (Å²) in [6.07, 6.45) is 5.00. The molecule has 3 rings (SSSR count). The largest absolute Gasteiger partial charge is 0.370 e. The maximum atomic E-state index is 12.7. The Hall–Kier alpha value is -3.12. The molecule has 0 bridgehead atoms. The average molecular weight is 383 g/mol. The Balaban J connectivity index is 1.81. The van der Waals surface area contributed by atoms with Crippen LogP contribution in [0.3, 0.4) is 0 Å². The maximum absolute atomic E-state index is 12.7. The van der Waals surface area contributed by atoms with Gasteiger partial charge in [-0.3, -0.25) is 14.0 Å². The van der Waals surface area contributed by atoms with E-state index in [2.05, 4.69) is 4.98 Å². The number of benzene rings is 1. The van der Waals surface area contributed by atoms with E-state index in [1.54, 1.807) is 15.4 Å². The lowest BCUT2D eigenvalue weighted by Gasteiger charge is -2.20. The molecule has 0 unspecified atom stereocenters. The van der Waals surface area contributed by atoms with Gasteiger partial charge in [0.2, 0.25) is 11.8 Å². The van der Waals surface area contributed by atoms with Gasteiger partial charge in [-0.25, -0.2) is 4.98 Å². The van der Waals surface area contributed by atoms with Crippen LogP contribution in [-0.4, -0.2) is 32.6 Å². The molecule has 2 N–H and O–H groups in total. The van der Waals surface area contributed by atoms with Crippen molar-refractivity contribution < 1.29 is 9.59 Å². The molecule has 3 aromatic rings. The minimum Gasteiger partial charge on any atom is -0.370 e. The molecule has 2 heterocycles. The summed E-state index contributed by atoms with van der Waals surface area (Å²) >= 11 is 6.19. The molecule has 0 aliphatic rings. The second-order valence-electron chi connectivity index (χ2n) is 6.01. The van der Waals surface area contributed by atoms with Crippen LogP contribution in [0, 0.1) is 0 Å². The van der Waals surface area contributed by atoms with Crippen molar-refractivity contribution in [1.82, 2.24) is 14.3 Å². The molecule has 2 amide bonds. The van der Waals surface area contributed by atoms with Crippen LogP contribution in [0.25, 0.3) is 11.7 Å². The minimum absolute atomic E-state index is 0.1000. The zero-order valence-electron chi connectivity index (χ0n) is 14.6. The molecule has 1 aromatic carbocycles. The minimum atomic E-state index is -0.449. The molecule has 2 aromatic heterocycles. The standard InChI is InChI=1S/C20H19ClN4O2/c21-20-16(25-12-5-4-8-18(25)23-20)9-10-19(27)24(13-11-17(22)26)14-15-6-2-1-3-7-15/h1-10,12H,11,13-14H2,(H2,22,26)/b10-9+. The van der Waals surface area contributed by atoms with E-state index in [0.717, 1.165) is 5.56 Å². The summed E-state index contributed by atoms with van der Waals surface area (Å²) in [7, 11) is 0. The normalized spacial score (nSPS) is 11.1. The molecule has 0 aliphatic carbocycles. The molecule has 0 fully saturated rings. The summed E-state index contributed by atoms with van der Waals surface area (Å²) in [4.78, 5) is 29.7. The second kappa shape index (κ2) is 8.51. The fraction of sp³-hybridized carbons (Fsp3) is 0.150. The Bertz CT molecular complexity index is 982. The van der Waals surface area contributed by atoms with E-state index >= 15 is 0 Å². The number of carbonyl (C=O) groups is 2. The van der Waals surface area contributed by atoms with Crippen molar-refractivity contribution in [2.75, 3.05) is 6.54 Å². The Morgan fingerprint density at radius 3 is 2.63 bits per heavy atom. The van der Waals surface area contributed by atoms with Crippen molar-refractivity contribution in [2.45, 2.75) is 13.0 Å². The van der Waals surface area contributed by atoms with Crippen LogP contribution in [-0.2, 0) is 16.1 Å². The third kappa shape index (κ3) is 4.74. The van der Waals surface area contributed by atoms with Crippen molar-refractivity contribution in [3.05, 3.63) is 77.2 Å². The SMILES string of the molecule is NC(=O)CCN(Cc1ccccc1)C(=O)/C=C/c1c(Cl)nc2ccccn12. The zero-order chi connectivity index (χ0) is 19.2. The number of nitrogens with zero attached hydrogens (tertiary/aromatic N) is 3. The first kappa shape index (κ1) is 18.7. The summed E-state index contributed by atoms with van der Waals surface area (Å²) in [5.41, 5.74) is 7.53. The van der Waals surface area contributed by atoms with E-state index in [0.29, 0.717) is 23.0 Å². The summed E-state index contributed by atoms with van der Waals surface area (Å²) in [5.74, 6) is -0.684. The van der Waals surface area contributed by atoms with Crippen molar-refractivity contribution in [3.8, 4) is 0 Å². The number of rotatable bonds is 7. The van der Waals surface area contributed by atoms with E-state index in [1.807, 2.05) is 54.7 Å². The molecule has 138 valence electrons. The third-order valence-corrected chi connectivity index (χ3v) is 4.34. The first-order chi connectivity index (χ1) is 13.0. The molecule has 0 saturated heterocycles. The number of primary amides is 1. The van der Waals surface area contributed by atoms with Crippen LogP contribution in [0.15, 0.2) is 60.8 Å². The number of nitrogens with two attached hydrogens (primary N) is 1. The Morgan fingerprint density at radius 2 is 1.89 bits per heavy atom. The number of hydrogen-bond acceptors (Lipinski definition) is 3. The molecule has 0 atom stereocenters. The van der Waals surface area contributed by atoms with Gasteiger partial charge in [-0.15, -0.1) is 0 Å². The van der Waals surface area contributed by atoms with Gasteiger partial charge in [-0.05, 0) is 23.8 Å². The number of imidazole rings is 1. The lowest BCUT2D eigenvalue weighted by atomic mass is 10.2. The van der Waals surface area contributed by atoms with Gasteiger partial charge in [-0.1, -0.05) is 48.0 Å². The maximum Gasteiger partial charge on any atom is 0.246 e. The van der Waals surface area contributed by atoms with Crippen molar-refractivity contribution in [1.29, 1.82) is 0 Å². The fourth-order valence-corrected chi connectivity index (χ4v) is 2.95. The number of aromatic nitrogens is 2. The van der Waals surface area contributed by atoms with Crippen LogP contribution in [0.1, 0.15) is 17.7 Å². The van der Waals surface area contributed by atoms with Crippen LogP contribution < -0.4 is 5.73 Å². The highest BCUT2D eigenvalue weighted by molar-refractivity contribution is 6.31. The molecule has 27 heavy (non-hydrogen) atoms. The summed E-state index contributed by atoms with van der Waals surface area (Å²) in [5, 5.41) is 0.317. The number of fused-ring (bicyclic) bond motifs is 1. The van der Waals surface area contributed by atoms with Crippen LogP contribution in [0.4, 0.5) is 0 Å². The Morgan fingerprint density at radius 1 is 1.15 bits per heavy atom. The monoisotopic (exact) mass is 382 g/mol. The molecular weight excluding hydrogens is 364 g/mol. The van der Waals surface area contributed by atoms with E-state index in [9.17, 15) is 9.59 Å². The van der Waals surface area contributed by atoms with Crippen LogP contribution >= 0.6 is 11.6 Å². The van der Waals surface area contributed by atoms with Crippen molar-refractivity contribution in [2.24, 2.45) is 5.73 Å². The number of pyridine rings is 1. The van der Waals surface area contributed by atoms with Gasteiger partial charge < -0.3 is 10.6 Å². The van der Waals surface area contributed by atoms with Gasteiger partial charge in [0.05, 0.1) is 5.69 Å². The smallest absolute Gasteiger partial charge is 0.246 e. The summed E-state index contributed by atoms with van der Waals surface area (Å²) < 4.78 is 1.80. The van der Waals surface area contributed by atoms with E-state index in [4.69, 9.17) is 17.3 Å². The topological polar surface area (TPSA) is 80.7 Å². The number of carbonyl (C=O) groups excluding carboxylic acids is 2. The highest BCUT2D eigenvalue weighted by atomic mass is 35.5. The number of hydrogen-bond donors (Lipinski definition) is 1. The van der Waals surface area contributed by atoms with Gasteiger partial charge in [0, 0.05) is 31.8 Å². The van der Waals surface area contributed by atoms with E-state index in [-0.39, 0.29) is 18.9 Å². The van der Waals surface area contributed by atoms with E-state index < -0.39 is 5.91 Å². The van der Waals surface area contributed by atoms with Gasteiger partial charge in [0.15, 0.2) is 5.15 Å². The number of halogens is 1. The van der Waals surface area contributed by atoms with Gasteiger partial charge in [0.1, 0.15) is 5.65 Å². The second-order valence-corrected chi connectivity index (χ2v) is 6.37. The lowest BCUT2D eigenvalue weighted by Crippen LogP contribution is -2.32. The van der Waals surface area contributed by atoms with Crippen LogP contribution in [0.2, 0.25) is 5.15 Å². The first-order valence-corrected chi connectivity index (χ1v) is 8.84. The number of amides is 2. The van der Waals surface area contributed by atoms with Gasteiger partial charge in [-0.2, -0.15) is 0 Å². The molecule has 7 heteroatoms. The summed E-state index contributed by atoms with van der Waals surface area (Å²) in [6, 6.07) is 15.1. The molecule has 0 radical (unpaired) electrons. The highest BCUT2D eigenvalue weighted by Crippen LogP contribution is 2.19. The predicted octanol–water partition coefficient (Wildman–Crippen LogP) is 2.91. The lowest BCUT2D eigenvalue weighted by molar-refractivity contribution is -0.127. The van der Waals surface area contributed by atoms with Crippen molar-refractivity contribution >= 4 is 35.1 Å². The zero-order valence-corrected chi connectivity index (χ0v) is 15.3. The van der Waals surface area contributed by atoms with Crippen LogP contribution in [0.5, 0.6) is 0 Å². The van der Waals surface area contributed by atoms with Gasteiger partial charge >= 0.3 is 0 Å².